The van der Waals surface area contributed by atoms with Crippen LogP contribution in [0.4, 0.5) is 4.79 Å². The summed E-state index contributed by atoms with van der Waals surface area (Å²) in [4.78, 5) is 22.3. The first-order valence-corrected chi connectivity index (χ1v) is 6.34. The molecule has 0 bridgehead atoms. The number of carboxylic acid groups (broad SMARTS) is 1. The normalized spacial score (nSPS) is 11.5. The average Bonchev–Trinajstić information content (AvgIpc) is 2.26. The Bertz CT molecular complexity index is 516. The van der Waals surface area contributed by atoms with E-state index in [0.29, 0.717) is 11.4 Å². The highest BCUT2D eigenvalue weighted by Gasteiger charge is 2.17. The lowest BCUT2D eigenvalue weighted by Gasteiger charge is -2.17. The van der Waals surface area contributed by atoms with E-state index >= 15 is 0 Å². The Morgan fingerprint density at radius 3 is 2.75 bits per heavy atom. The highest BCUT2D eigenvalue weighted by molar-refractivity contribution is 6.30. The van der Waals surface area contributed by atoms with E-state index in [0.717, 1.165) is 5.56 Å². The summed E-state index contributed by atoms with van der Waals surface area (Å²) in [5.74, 6) is -0.771. The van der Waals surface area contributed by atoms with Crippen molar-refractivity contribution in [3.05, 3.63) is 47.2 Å². The van der Waals surface area contributed by atoms with E-state index < -0.39 is 18.1 Å². The van der Waals surface area contributed by atoms with Crippen molar-refractivity contribution in [1.82, 2.24) is 5.32 Å². The molecule has 0 aliphatic heterocycles. The molecule has 1 aromatic rings. The fourth-order valence-electron chi connectivity index (χ4n) is 1.69. The van der Waals surface area contributed by atoms with Crippen molar-refractivity contribution in [2.45, 2.75) is 25.8 Å². The van der Waals surface area contributed by atoms with E-state index in [1.54, 1.807) is 18.2 Å². The van der Waals surface area contributed by atoms with Crippen LogP contribution in [0.25, 0.3) is 0 Å². The molecule has 20 heavy (non-hydrogen) atoms. The fraction of sp³-hybridized carbons (Fsp3) is 0.286. The van der Waals surface area contributed by atoms with Gasteiger partial charge in [0.2, 0.25) is 0 Å². The molecule has 0 aliphatic rings. The molecule has 6 heteroatoms. The van der Waals surface area contributed by atoms with Gasteiger partial charge in [0.05, 0.1) is 12.2 Å². The number of carbonyl (C=O) groups is 2. The number of allylic oxidation sites excluding steroid dienone is 1. The number of benzene rings is 1. The zero-order chi connectivity index (χ0) is 15.1. The first-order valence-electron chi connectivity index (χ1n) is 5.97. The molecule has 0 unspecified atom stereocenters. The van der Waals surface area contributed by atoms with E-state index in [4.69, 9.17) is 21.4 Å². The second-order valence-electron chi connectivity index (χ2n) is 4.36. The van der Waals surface area contributed by atoms with Crippen LogP contribution in [-0.4, -0.2) is 23.2 Å². The largest absolute Gasteiger partial charge is 0.481 e. The van der Waals surface area contributed by atoms with Gasteiger partial charge in [0.1, 0.15) is 0 Å². The van der Waals surface area contributed by atoms with Crippen LogP contribution in [0.15, 0.2) is 36.6 Å². The Labute approximate surface area is 122 Å². The van der Waals surface area contributed by atoms with Crippen LogP contribution in [0.3, 0.4) is 0 Å². The van der Waals surface area contributed by atoms with Crippen LogP contribution in [0, 0.1) is 0 Å². The molecule has 0 fully saturated rings. The summed E-state index contributed by atoms with van der Waals surface area (Å²) in [7, 11) is 0. The molecule has 0 aromatic heterocycles. The lowest BCUT2D eigenvalue weighted by Crippen LogP contribution is -2.38. The first-order chi connectivity index (χ1) is 9.36. The fourth-order valence-corrected chi connectivity index (χ4v) is 1.90. The zero-order valence-electron chi connectivity index (χ0n) is 11.1. The highest BCUT2D eigenvalue weighted by Crippen LogP contribution is 2.13. The molecular formula is C14H16ClNO4. The molecule has 1 aromatic carbocycles. The summed E-state index contributed by atoms with van der Waals surface area (Å²) in [6.07, 6.45) is -0.582. The molecule has 1 rings (SSSR count). The van der Waals surface area contributed by atoms with Crippen molar-refractivity contribution in [3.8, 4) is 0 Å². The Hall–Kier alpha value is -2.01. The molecule has 0 heterocycles. The summed E-state index contributed by atoms with van der Waals surface area (Å²) in [5, 5.41) is 11.9. The minimum atomic E-state index is -1.01. The van der Waals surface area contributed by atoms with Crippen LogP contribution in [0.5, 0.6) is 0 Å². The Morgan fingerprint density at radius 2 is 2.20 bits per heavy atom. The number of hydrogen-bond donors (Lipinski definition) is 2. The van der Waals surface area contributed by atoms with Crippen molar-refractivity contribution in [3.63, 3.8) is 0 Å². The van der Waals surface area contributed by atoms with Gasteiger partial charge in [-0.25, -0.2) is 4.79 Å². The van der Waals surface area contributed by atoms with Gasteiger partial charge in [-0.1, -0.05) is 30.3 Å². The van der Waals surface area contributed by atoms with Crippen LogP contribution in [-0.2, 0) is 16.0 Å². The molecular weight excluding hydrogens is 282 g/mol. The zero-order valence-corrected chi connectivity index (χ0v) is 11.8. The topological polar surface area (TPSA) is 75.6 Å². The van der Waals surface area contributed by atoms with Gasteiger partial charge in [0.15, 0.2) is 0 Å². The van der Waals surface area contributed by atoms with Gasteiger partial charge in [-0.3, -0.25) is 4.79 Å². The third-order valence-corrected chi connectivity index (χ3v) is 2.62. The summed E-state index contributed by atoms with van der Waals surface area (Å²) in [6.45, 7) is 4.97. The predicted molar refractivity (Wildman–Crippen MR) is 75.6 cm³/mol. The smallest absolute Gasteiger partial charge is 0.412 e. The van der Waals surface area contributed by atoms with Crippen molar-refractivity contribution >= 4 is 23.7 Å². The molecule has 5 nitrogen and oxygen atoms in total. The highest BCUT2D eigenvalue weighted by atomic mass is 35.5. The predicted octanol–water partition coefficient (Wildman–Crippen LogP) is 2.99. The number of nitrogens with one attached hydrogen (secondary N) is 1. The van der Waals surface area contributed by atoms with Gasteiger partial charge < -0.3 is 15.2 Å². The second-order valence-corrected chi connectivity index (χ2v) is 4.80. The van der Waals surface area contributed by atoms with Gasteiger partial charge in [0, 0.05) is 11.1 Å². The number of rotatable bonds is 6. The minimum absolute atomic E-state index is 0.211. The SMILES string of the molecule is C=C(C)OC(=O)N[C@@H](CC(=O)O)Cc1cccc(Cl)c1. The van der Waals surface area contributed by atoms with Crippen molar-refractivity contribution < 1.29 is 19.4 Å². The van der Waals surface area contributed by atoms with Gasteiger partial charge in [-0.2, -0.15) is 0 Å². The first kappa shape index (κ1) is 16.0. The maximum Gasteiger partial charge on any atom is 0.412 e. The van der Waals surface area contributed by atoms with E-state index in [1.807, 2.05) is 6.07 Å². The van der Waals surface area contributed by atoms with Crippen LogP contribution in [0.2, 0.25) is 5.02 Å². The van der Waals surface area contributed by atoms with Gasteiger partial charge in [-0.15, -0.1) is 0 Å². The van der Waals surface area contributed by atoms with Crippen molar-refractivity contribution in [2.24, 2.45) is 0 Å². The molecule has 108 valence electrons. The number of amides is 1. The Balaban J connectivity index is 2.71. The molecule has 0 saturated heterocycles. The van der Waals surface area contributed by atoms with Gasteiger partial charge in [-0.05, 0) is 31.0 Å². The van der Waals surface area contributed by atoms with Crippen LogP contribution in [0.1, 0.15) is 18.9 Å². The summed E-state index contributed by atoms with van der Waals surface area (Å²) >= 11 is 5.87. The number of carbonyl (C=O) groups excluding carboxylic acids is 1. The molecule has 2 N–H and O–H groups in total. The summed E-state index contributed by atoms with van der Waals surface area (Å²) in [6, 6.07) is 6.44. The van der Waals surface area contributed by atoms with Gasteiger partial charge >= 0.3 is 12.1 Å². The van der Waals surface area contributed by atoms with E-state index in [-0.39, 0.29) is 12.2 Å². The summed E-state index contributed by atoms with van der Waals surface area (Å²) in [5.41, 5.74) is 0.833. The maximum atomic E-state index is 11.5. The number of ether oxygens (including phenoxy) is 1. The third kappa shape index (κ3) is 6.24. The van der Waals surface area contributed by atoms with Crippen molar-refractivity contribution in [1.29, 1.82) is 0 Å². The average molecular weight is 298 g/mol. The molecule has 1 atom stereocenters. The van der Waals surface area contributed by atoms with E-state index in [1.165, 1.54) is 6.92 Å². The lowest BCUT2D eigenvalue weighted by molar-refractivity contribution is -0.137. The van der Waals surface area contributed by atoms with E-state index in [9.17, 15) is 9.59 Å². The molecule has 1 amide bonds. The number of hydrogen-bond acceptors (Lipinski definition) is 3. The number of carboxylic acids is 1. The Morgan fingerprint density at radius 1 is 1.50 bits per heavy atom. The molecule has 0 saturated carbocycles. The minimum Gasteiger partial charge on any atom is -0.481 e. The quantitative estimate of drug-likeness (QED) is 0.792. The standard InChI is InChI=1S/C14H16ClNO4/c1-9(2)20-14(19)16-12(8-13(17)18)7-10-4-3-5-11(15)6-10/h3-6,12H,1,7-8H2,2H3,(H,16,19)(H,17,18)/t12-/m1/s1. The molecule has 0 spiro atoms. The second kappa shape index (κ2) is 7.55. The molecule has 0 radical (unpaired) electrons. The Kier molecular flexibility index (Phi) is 6.06. The number of alkyl carbamates (subject to hydrolysis) is 1. The van der Waals surface area contributed by atoms with E-state index in [2.05, 4.69) is 11.9 Å². The maximum absolute atomic E-state index is 11.5. The van der Waals surface area contributed by atoms with Crippen LogP contribution < -0.4 is 5.32 Å². The van der Waals surface area contributed by atoms with Crippen molar-refractivity contribution in [2.75, 3.05) is 0 Å². The van der Waals surface area contributed by atoms with Gasteiger partial charge in [0.25, 0.3) is 0 Å². The molecule has 0 aliphatic carbocycles. The summed E-state index contributed by atoms with van der Waals surface area (Å²) < 4.78 is 4.76. The monoisotopic (exact) mass is 297 g/mol. The third-order valence-electron chi connectivity index (χ3n) is 2.38. The lowest BCUT2D eigenvalue weighted by atomic mass is 10.0. The number of halogens is 1. The number of aliphatic carboxylic acids is 1. The van der Waals surface area contributed by atoms with Crippen LogP contribution >= 0.6 is 11.6 Å².